The predicted molar refractivity (Wildman–Crippen MR) is 63.8 cm³/mol. The molecule has 4 nitrogen and oxygen atoms in total. The molecule has 1 rings (SSSR count). The molecule has 0 amide bonds. The summed E-state index contributed by atoms with van der Waals surface area (Å²) in [5, 5.41) is 0. The number of aromatic nitrogens is 2. The lowest BCUT2D eigenvalue weighted by Gasteiger charge is -2.19. The number of nitrogens with zero attached hydrogens (tertiary/aromatic N) is 2. The Morgan fingerprint density at radius 3 is 2.80 bits per heavy atom. The van der Waals surface area contributed by atoms with E-state index < -0.39 is 0 Å². The molecular formula is C10H17N3OS. The zero-order valence-electron chi connectivity index (χ0n) is 9.36. The molecule has 0 aliphatic rings. The van der Waals surface area contributed by atoms with Crippen LogP contribution in [-0.4, -0.2) is 26.7 Å². The summed E-state index contributed by atoms with van der Waals surface area (Å²) in [7, 11) is 0. The lowest BCUT2D eigenvalue weighted by Crippen LogP contribution is -2.23. The van der Waals surface area contributed by atoms with Crippen LogP contribution in [0.1, 0.15) is 26.6 Å². The highest BCUT2D eigenvalue weighted by molar-refractivity contribution is 7.80. The Balaban J connectivity index is 2.51. The van der Waals surface area contributed by atoms with Crippen molar-refractivity contribution in [2.45, 2.75) is 32.9 Å². The van der Waals surface area contributed by atoms with Crippen LogP contribution in [0.4, 0.5) is 0 Å². The van der Waals surface area contributed by atoms with E-state index in [9.17, 15) is 0 Å². The molecule has 5 heteroatoms. The number of hydrogen-bond donors (Lipinski definition) is 1. The van der Waals surface area contributed by atoms with Crippen molar-refractivity contribution in [2.75, 3.05) is 6.61 Å². The first kappa shape index (κ1) is 12.1. The van der Waals surface area contributed by atoms with Crippen molar-refractivity contribution in [3.8, 4) is 0 Å². The molecule has 15 heavy (non-hydrogen) atoms. The van der Waals surface area contributed by atoms with E-state index in [0.29, 0.717) is 24.0 Å². The second kappa shape index (κ2) is 4.72. The van der Waals surface area contributed by atoms with Gasteiger partial charge >= 0.3 is 0 Å². The monoisotopic (exact) mass is 227 g/mol. The maximum Gasteiger partial charge on any atom is 0.167 e. The summed E-state index contributed by atoms with van der Waals surface area (Å²) < 4.78 is 7.50. The molecule has 1 heterocycles. The highest BCUT2D eigenvalue weighted by atomic mass is 32.1. The van der Waals surface area contributed by atoms with E-state index >= 15 is 0 Å². The van der Waals surface area contributed by atoms with Crippen LogP contribution < -0.4 is 5.73 Å². The van der Waals surface area contributed by atoms with Gasteiger partial charge in [-0.15, -0.1) is 0 Å². The van der Waals surface area contributed by atoms with E-state index in [4.69, 9.17) is 22.7 Å². The van der Waals surface area contributed by atoms with Crippen LogP contribution in [0.2, 0.25) is 0 Å². The van der Waals surface area contributed by atoms with Gasteiger partial charge in [0, 0.05) is 18.9 Å². The summed E-state index contributed by atoms with van der Waals surface area (Å²) in [6, 6.07) is 0. The summed E-state index contributed by atoms with van der Waals surface area (Å²) in [5.41, 5.74) is 5.40. The highest BCUT2D eigenvalue weighted by Gasteiger charge is 2.10. The SMILES string of the molecule is CC(C)(C)OCCn1ccnc1C(N)=S. The Hall–Kier alpha value is -0.940. The molecule has 84 valence electrons. The number of nitrogens with two attached hydrogens (primary N) is 1. The lowest BCUT2D eigenvalue weighted by molar-refractivity contribution is -0.00687. The zero-order valence-corrected chi connectivity index (χ0v) is 10.2. The summed E-state index contributed by atoms with van der Waals surface area (Å²) in [5.74, 6) is 0.641. The van der Waals surface area contributed by atoms with Gasteiger partial charge in [0.2, 0.25) is 0 Å². The Labute approximate surface area is 95.4 Å². The summed E-state index contributed by atoms with van der Waals surface area (Å²) >= 11 is 4.88. The van der Waals surface area contributed by atoms with Crippen molar-refractivity contribution >= 4 is 17.2 Å². The van der Waals surface area contributed by atoms with Crippen LogP contribution in [-0.2, 0) is 11.3 Å². The number of ether oxygens (including phenoxy) is 1. The van der Waals surface area contributed by atoms with Gasteiger partial charge in [-0.25, -0.2) is 4.98 Å². The van der Waals surface area contributed by atoms with Gasteiger partial charge in [-0.05, 0) is 20.8 Å². The quantitative estimate of drug-likeness (QED) is 0.789. The molecule has 0 aliphatic carbocycles. The first-order valence-corrected chi connectivity index (χ1v) is 5.26. The van der Waals surface area contributed by atoms with Crippen LogP contribution >= 0.6 is 12.2 Å². The minimum atomic E-state index is -0.121. The number of rotatable bonds is 4. The Morgan fingerprint density at radius 1 is 1.60 bits per heavy atom. The first-order chi connectivity index (χ1) is 6.90. The molecule has 0 unspecified atom stereocenters. The Kier molecular flexibility index (Phi) is 3.82. The van der Waals surface area contributed by atoms with E-state index in [2.05, 4.69) is 4.98 Å². The molecule has 2 N–H and O–H groups in total. The molecule has 0 atom stereocenters. The van der Waals surface area contributed by atoms with Crippen molar-refractivity contribution < 1.29 is 4.74 Å². The fourth-order valence-electron chi connectivity index (χ4n) is 1.16. The van der Waals surface area contributed by atoms with E-state index in [1.807, 2.05) is 31.5 Å². The van der Waals surface area contributed by atoms with Gasteiger partial charge in [0.25, 0.3) is 0 Å². The van der Waals surface area contributed by atoms with Crippen LogP contribution in [0.5, 0.6) is 0 Å². The van der Waals surface area contributed by atoms with Gasteiger partial charge in [-0.3, -0.25) is 0 Å². The summed E-state index contributed by atoms with van der Waals surface area (Å²) in [6.45, 7) is 7.40. The maximum atomic E-state index is 5.60. The highest BCUT2D eigenvalue weighted by Crippen LogP contribution is 2.07. The van der Waals surface area contributed by atoms with Crippen molar-refractivity contribution in [3.63, 3.8) is 0 Å². The van der Waals surface area contributed by atoms with Gasteiger partial charge in [-0.2, -0.15) is 0 Å². The minimum Gasteiger partial charge on any atom is -0.387 e. The fraction of sp³-hybridized carbons (Fsp3) is 0.600. The third kappa shape index (κ3) is 3.97. The van der Waals surface area contributed by atoms with Crippen LogP contribution in [0.3, 0.4) is 0 Å². The molecule has 1 aromatic rings. The summed E-state index contributed by atoms with van der Waals surface area (Å²) in [4.78, 5) is 4.39. The summed E-state index contributed by atoms with van der Waals surface area (Å²) in [6.07, 6.45) is 3.53. The fourth-order valence-corrected chi connectivity index (χ4v) is 1.33. The minimum absolute atomic E-state index is 0.121. The van der Waals surface area contributed by atoms with Crippen LogP contribution in [0.15, 0.2) is 12.4 Å². The van der Waals surface area contributed by atoms with Crippen molar-refractivity contribution in [2.24, 2.45) is 5.73 Å². The smallest absolute Gasteiger partial charge is 0.167 e. The van der Waals surface area contributed by atoms with Gasteiger partial charge in [0.15, 0.2) is 5.82 Å². The molecule has 0 aliphatic heterocycles. The topological polar surface area (TPSA) is 53.1 Å². The van der Waals surface area contributed by atoms with Gasteiger partial charge in [0.05, 0.1) is 12.2 Å². The molecule has 0 saturated heterocycles. The maximum absolute atomic E-state index is 5.60. The largest absolute Gasteiger partial charge is 0.387 e. The molecule has 0 fully saturated rings. The van der Waals surface area contributed by atoms with E-state index in [1.54, 1.807) is 6.20 Å². The van der Waals surface area contributed by atoms with Gasteiger partial charge < -0.3 is 15.0 Å². The molecule has 0 bridgehead atoms. The number of thiocarbonyl (C=S) groups is 1. The molecule has 0 radical (unpaired) electrons. The van der Waals surface area contributed by atoms with Crippen LogP contribution in [0.25, 0.3) is 0 Å². The zero-order chi connectivity index (χ0) is 11.5. The number of hydrogen-bond acceptors (Lipinski definition) is 3. The third-order valence-electron chi connectivity index (χ3n) is 1.80. The molecule has 0 aromatic carbocycles. The van der Waals surface area contributed by atoms with E-state index in [1.165, 1.54) is 0 Å². The number of imidazole rings is 1. The lowest BCUT2D eigenvalue weighted by atomic mass is 10.2. The average molecular weight is 227 g/mol. The third-order valence-corrected chi connectivity index (χ3v) is 1.99. The Morgan fingerprint density at radius 2 is 2.27 bits per heavy atom. The normalized spacial score (nSPS) is 11.7. The van der Waals surface area contributed by atoms with Crippen molar-refractivity contribution in [1.29, 1.82) is 0 Å². The van der Waals surface area contributed by atoms with Gasteiger partial charge in [0.1, 0.15) is 4.99 Å². The van der Waals surface area contributed by atoms with E-state index in [0.717, 1.165) is 0 Å². The molecule has 1 aromatic heterocycles. The average Bonchev–Trinajstić information content (AvgIpc) is 2.49. The van der Waals surface area contributed by atoms with Gasteiger partial charge in [-0.1, -0.05) is 12.2 Å². The standard InChI is InChI=1S/C10H17N3OS/c1-10(2,3)14-7-6-13-5-4-12-9(13)8(11)15/h4-5H,6-7H2,1-3H3,(H2,11,15). The van der Waals surface area contributed by atoms with Crippen molar-refractivity contribution in [3.05, 3.63) is 18.2 Å². The second-order valence-electron chi connectivity index (χ2n) is 4.27. The Bertz CT molecular complexity index is 341. The molecule has 0 spiro atoms. The molecular weight excluding hydrogens is 210 g/mol. The van der Waals surface area contributed by atoms with E-state index in [-0.39, 0.29) is 5.60 Å². The van der Waals surface area contributed by atoms with Crippen molar-refractivity contribution in [1.82, 2.24) is 9.55 Å². The first-order valence-electron chi connectivity index (χ1n) is 4.85. The molecule has 0 saturated carbocycles. The van der Waals surface area contributed by atoms with Crippen LogP contribution in [0, 0.1) is 0 Å². The second-order valence-corrected chi connectivity index (χ2v) is 4.71. The predicted octanol–water partition coefficient (Wildman–Crippen LogP) is 1.33.